The van der Waals surface area contributed by atoms with Gasteiger partial charge in [0, 0.05) is 15.1 Å². The molecule has 0 bridgehead atoms. The molecule has 0 radical (unpaired) electrons. The molecule has 142 valence electrons. The van der Waals surface area contributed by atoms with Gasteiger partial charge in [-0.05, 0) is 36.5 Å². The number of amides is 1. The van der Waals surface area contributed by atoms with Crippen LogP contribution in [-0.2, 0) is 0 Å². The maximum Gasteiger partial charge on any atom is 0.269 e. The van der Waals surface area contributed by atoms with Crippen molar-refractivity contribution >= 4 is 118 Å². The zero-order valence-corrected chi connectivity index (χ0v) is 19.0. The van der Waals surface area contributed by atoms with E-state index in [1.807, 2.05) is 6.07 Å². The zero-order chi connectivity index (χ0) is 20.0. The topological polar surface area (TPSA) is 54.0 Å². The summed E-state index contributed by atoms with van der Waals surface area (Å²) in [5.74, 6) is -0.415. The Bertz CT molecular complexity index is 1270. The van der Waals surface area contributed by atoms with Gasteiger partial charge in [0.25, 0.3) is 5.91 Å². The minimum Gasteiger partial charge on any atom is -0.308 e. The lowest BCUT2D eigenvalue weighted by molar-refractivity contribution is 0.0982. The smallest absolute Gasteiger partial charge is 0.269 e. The van der Waals surface area contributed by atoms with Gasteiger partial charge in [-0.3, -0.25) is 10.1 Å². The van der Waals surface area contributed by atoms with E-state index >= 15 is 0 Å². The second-order valence-electron chi connectivity index (χ2n) is 5.52. The van der Waals surface area contributed by atoms with E-state index in [9.17, 15) is 4.79 Å². The molecular formula is C17H7Cl4N3OS3. The molecule has 4 rings (SSSR count). The molecule has 2 N–H and O–H groups in total. The molecule has 11 heteroatoms. The fraction of sp³-hybridized carbons (Fsp3) is 0. The number of thiocarbonyl (C=S) groups is 1. The highest BCUT2D eigenvalue weighted by Crippen LogP contribution is 2.37. The van der Waals surface area contributed by atoms with E-state index in [0.717, 1.165) is 14.8 Å². The van der Waals surface area contributed by atoms with E-state index in [-0.39, 0.29) is 5.11 Å². The highest BCUT2D eigenvalue weighted by molar-refractivity contribution is 7.80. The average molecular weight is 507 g/mol. The summed E-state index contributed by atoms with van der Waals surface area (Å²) in [6.45, 7) is 0. The van der Waals surface area contributed by atoms with Crippen LogP contribution >= 0.6 is 81.3 Å². The molecule has 2 aromatic carbocycles. The van der Waals surface area contributed by atoms with Crippen LogP contribution in [0.25, 0.3) is 20.3 Å². The number of anilines is 1. The molecular weight excluding hydrogens is 500 g/mol. The third-order valence-corrected chi connectivity index (χ3v) is 7.52. The third kappa shape index (κ3) is 3.80. The Balaban J connectivity index is 1.53. The van der Waals surface area contributed by atoms with E-state index in [1.54, 1.807) is 24.3 Å². The number of carbonyl (C=O) groups is 1. The van der Waals surface area contributed by atoms with Crippen molar-refractivity contribution in [1.29, 1.82) is 0 Å². The van der Waals surface area contributed by atoms with Gasteiger partial charge in [0.1, 0.15) is 10.4 Å². The van der Waals surface area contributed by atoms with Gasteiger partial charge in [0.05, 0.1) is 19.8 Å². The molecule has 4 nitrogen and oxygen atoms in total. The molecule has 0 aliphatic carbocycles. The first kappa shape index (κ1) is 20.1. The Kier molecular flexibility index (Phi) is 5.68. The van der Waals surface area contributed by atoms with Gasteiger partial charge in [0.2, 0.25) is 0 Å². The van der Waals surface area contributed by atoms with Crippen molar-refractivity contribution in [3.8, 4) is 0 Å². The van der Waals surface area contributed by atoms with E-state index in [2.05, 4.69) is 15.6 Å². The molecule has 0 fully saturated rings. The second-order valence-corrected chi connectivity index (χ2v) is 9.61. The highest BCUT2D eigenvalue weighted by atomic mass is 35.5. The average Bonchev–Trinajstić information content (AvgIpc) is 3.19. The van der Waals surface area contributed by atoms with Crippen molar-refractivity contribution in [2.75, 3.05) is 5.32 Å². The normalized spacial score (nSPS) is 11.1. The molecule has 0 spiro atoms. The van der Waals surface area contributed by atoms with E-state index in [0.29, 0.717) is 35.6 Å². The van der Waals surface area contributed by atoms with Crippen LogP contribution in [0.3, 0.4) is 0 Å². The number of thiazole rings is 1. The van der Waals surface area contributed by atoms with Crippen molar-refractivity contribution in [3.05, 3.63) is 55.3 Å². The third-order valence-electron chi connectivity index (χ3n) is 3.70. The second kappa shape index (κ2) is 7.91. The first-order chi connectivity index (χ1) is 13.3. The summed E-state index contributed by atoms with van der Waals surface area (Å²) in [6.07, 6.45) is 0. The molecule has 2 aromatic heterocycles. The van der Waals surface area contributed by atoms with Crippen molar-refractivity contribution in [1.82, 2.24) is 10.3 Å². The number of nitrogens with one attached hydrogen (secondary N) is 2. The van der Waals surface area contributed by atoms with Crippen LogP contribution in [0.5, 0.6) is 0 Å². The van der Waals surface area contributed by atoms with Crippen LogP contribution in [0, 0.1) is 0 Å². The molecule has 0 unspecified atom stereocenters. The van der Waals surface area contributed by atoms with Crippen molar-refractivity contribution < 1.29 is 4.79 Å². The van der Waals surface area contributed by atoms with Gasteiger partial charge in [-0.1, -0.05) is 63.8 Å². The molecule has 4 aromatic rings. The summed E-state index contributed by atoms with van der Waals surface area (Å²) in [7, 11) is 0. The van der Waals surface area contributed by atoms with Gasteiger partial charge in [0.15, 0.2) is 10.2 Å². The number of rotatable bonds is 2. The summed E-state index contributed by atoms with van der Waals surface area (Å²) in [6, 6.07) is 8.78. The van der Waals surface area contributed by atoms with Gasteiger partial charge in [-0.2, -0.15) is 0 Å². The number of fused-ring (bicyclic) bond motifs is 2. The zero-order valence-electron chi connectivity index (χ0n) is 13.5. The molecule has 1 amide bonds. The Morgan fingerprint density at radius 2 is 1.79 bits per heavy atom. The molecule has 0 aliphatic rings. The molecule has 0 aliphatic heterocycles. The molecule has 0 saturated carbocycles. The first-order valence-corrected chi connectivity index (χ1v) is 11.1. The predicted molar refractivity (Wildman–Crippen MR) is 125 cm³/mol. The Labute approximate surface area is 192 Å². The maximum absolute atomic E-state index is 12.6. The van der Waals surface area contributed by atoms with Crippen molar-refractivity contribution in [3.63, 3.8) is 0 Å². The summed E-state index contributed by atoms with van der Waals surface area (Å²) in [5.41, 5.74) is 0.570. The van der Waals surface area contributed by atoms with Crippen LogP contribution in [0.4, 0.5) is 5.13 Å². The number of hydrogen-bond acceptors (Lipinski definition) is 5. The lowest BCUT2D eigenvalue weighted by Crippen LogP contribution is -2.33. The summed E-state index contributed by atoms with van der Waals surface area (Å²) in [5, 5.41) is 8.56. The van der Waals surface area contributed by atoms with Crippen LogP contribution in [0.1, 0.15) is 9.67 Å². The number of nitrogens with zero attached hydrogens (tertiary/aromatic N) is 1. The molecule has 0 saturated heterocycles. The lowest BCUT2D eigenvalue weighted by atomic mass is 10.2. The summed E-state index contributed by atoms with van der Waals surface area (Å²) >= 11 is 32.3. The standard InChI is InChI=1S/C17H7Cl4N3OS3/c18-6-1-2-7-10(5-6)27-14(11(7)20)15(25)23-16(26)24-17-22-13-9(28-17)4-3-8(19)12(13)21/h1-5H,(H2,22,23,24,25,26). The predicted octanol–water partition coefficient (Wildman–Crippen LogP) is 7.25. The number of carbonyl (C=O) groups excluding carboxylic acids is 1. The van der Waals surface area contributed by atoms with Crippen LogP contribution < -0.4 is 10.6 Å². The van der Waals surface area contributed by atoms with Crippen molar-refractivity contribution in [2.24, 2.45) is 0 Å². The number of halogens is 4. The van der Waals surface area contributed by atoms with E-state index in [4.69, 9.17) is 58.6 Å². The molecule has 0 atom stereocenters. The monoisotopic (exact) mass is 505 g/mol. The van der Waals surface area contributed by atoms with Crippen molar-refractivity contribution in [2.45, 2.75) is 0 Å². The van der Waals surface area contributed by atoms with Crippen LogP contribution in [0.2, 0.25) is 20.1 Å². The SMILES string of the molecule is O=C(NC(=S)Nc1nc2c(Cl)c(Cl)ccc2s1)c1sc2cc(Cl)ccc2c1Cl. The van der Waals surface area contributed by atoms with Gasteiger partial charge >= 0.3 is 0 Å². The molecule has 2 heterocycles. The van der Waals surface area contributed by atoms with Gasteiger partial charge in [-0.15, -0.1) is 11.3 Å². The lowest BCUT2D eigenvalue weighted by Gasteiger charge is -2.06. The summed E-state index contributed by atoms with van der Waals surface area (Å²) < 4.78 is 1.66. The first-order valence-electron chi connectivity index (χ1n) is 7.58. The Hall–Kier alpha value is -1.19. The number of aromatic nitrogens is 1. The maximum atomic E-state index is 12.6. The van der Waals surface area contributed by atoms with E-state index in [1.165, 1.54) is 22.7 Å². The van der Waals surface area contributed by atoms with Crippen LogP contribution in [0.15, 0.2) is 30.3 Å². The number of benzene rings is 2. The van der Waals surface area contributed by atoms with Crippen LogP contribution in [-0.4, -0.2) is 16.0 Å². The number of hydrogen-bond donors (Lipinski definition) is 2. The quantitative estimate of drug-likeness (QED) is 0.281. The Morgan fingerprint density at radius 1 is 1.00 bits per heavy atom. The fourth-order valence-electron chi connectivity index (χ4n) is 2.46. The number of thiophene rings is 1. The fourth-order valence-corrected chi connectivity index (χ4v) is 5.70. The molecule has 28 heavy (non-hydrogen) atoms. The van der Waals surface area contributed by atoms with Gasteiger partial charge in [-0.25, -0.2) is 4.98 Å². The van der Waals surface area contributed by atoms with E-state index < -0.39 is 5.91 Å². The largest absolute Gasteiger partial charge is 0.308 e. The van der Waals surface area contributed by atoms with Gasteiger partial charge < -0.3 is 5.32 Å². The minimum absolute atomic E-state index is 0.0952. The summed E-state index contributed by atoms with van der Waals surface area (Å²) in [4.78, 5) is 17.3. The highest BCUT2D eigenvalue weighted by Gasteiger charge is 2.19. The minimum atomic E-state index is -0.415. The Morgan fingerprint density at radius 3 is 2.57 bits per heavy atom.